The van der Waals surface area contributed by atoms with Gasteiger partial charge in [-0.25, -0.2) is 9.59 Å². The summed E-state index contributed by atoms with van der Waals surface area (Å²) in [4.78, 5) is 100. The van der Waals surface area contributed by atoms with E-state index in [1.807, 2.05) is 0 Å². The van der Waals surface area contributed by atoms with Crippen LogP contribution < -0.4 is 10.1 Å². The summed E-state index contributed by atoms with van der Waals surface area (Å²) in [6.07, 6.45) is 10.7. The van der Waals surface area contributed by atoms with E-state index in [2.05, 4.69) is 33.6 Å². The molecule has 0 fully saturated rings. The molecule has 0 aliphatic rings. The fraction of sp³-hybridized carbons (Fsp3) is 0.591. The van der Waals surface area contributed by atoms with Crippen LogP contribution in [-0.2, 0) is 73.2 Å². The molecule has 0 radical (unpaired) electrons. The zero-order valence-electron chi connectivity index (χ0n) is 35.9. The van der Waals surface area contributed by atoms with Crippen LogP contribution >= 0.6 is 0 Å². The average Bonchev–Trinajstić information content (AvgIpc) is 3.19. The summed E-state index contributed by atoms with van der Waals surface area (Å²) in [6.45, 7) is 4.45. The number of ether oxygens (including phenoxy) is 7. The van der Waals surface area contributed by atoms with E-state index in [4.69, 9.17) is 23.7 Å². The number of hydrogen-bond donors (Lipinski definition) is 2. The molecule has 1 rings (SSSR count). The van der Waals surface area contributed by atoms with Crippen LogP contribution in [0.1, 0.15) is 124 Å². The molecule has 1 aromatic carbocycles. The molecule has 2 N–H and O–H groups in total. The summed E-state index contributed by atoms with van der Waals surface area (Å²) in [5.74, 6) is -3.27. The van der Waals surface area contributed by atoms with Crippen molar-refractivity contribution in [2.45, 2.75) is 136 Å². The highest BCUT2D eigenvalue weighted by molar-refractivity contribution is 5.95. The average molecular weight is 860 g/mol. The molecule has 17 heteroatoms. The molecular weight excluding hydrogens is 798 g/mol. The Kier molecular flexibility index (Phi) is 27.2. The van der Waals surface area contributed by atoms with E-state index in [9.17, 15) is 43.5 Å². The van der Waals surface area contributed by atoms with Crippen LogP contribution in [0.3, 0.4) is 0 Å². The standard InChI is InChI=1S/C44H61NO16/c1-6-8-10-13-16-19-36(49)20-17-14-11-12-15-18-21-38(44(54,43(53)61-31-58-34(5)48)28-40(50)59-29-56-32(3)46)41(51)45-39(42(52)60-30-57-33(4)47)27-35-22-24-37(25-23-35)55-26-9-7-2/h18,21-25,38-39,54H,6,8,10-17,19-20,26-31H2,1-5H3,(H,45,51)/b21-18+/t38-,39+,44+/m1/s1. The fourth-order valence-electron chi connectivity index (χ4n) is 5.61. The number of aliphatic hydroxyl groups is 1. The van der Waals surface area contributed by atoms with Crippen LogP contribution in [0.2, 0.25) is 0 Å². The van der Waals surface area contributed by atoms with Crippen molar-refractivity contribution in [3.8, 4) is 17.6 Å². The molecule has 0 saturated heterocycles. The molecule has 0 aliphatic heterocycles. The summed E-state index contributed by atoms with van der Waals surface area (Å²) in [6, 6.07) is 4.91. The number of carbonyl (C=O) groups excluding carboxylic acids is 8. The molecule has 0 bridgehead atoms. The first-order valence-electron chi connectivity index (χ1n) is 20.3. The minimum Gasteiger partial charge on any atom is -0.481 e. The summed E-state index contributed by atoms with van der Waals surface area (Å²) in [7, 11) is 0. The molecule has 3 atom stereocenters. The van der Waals surface area contributed by atoms with Gasteiger partial charge in [0.05, 0.1) is 12.3 Å². The molecule has 0 aliphatic carbocycles. The lowest BCUT2D eigenvalue weighted by molar-refractivity contribution is -0.192. The van der Waals surface area contributed by atoms with Crippen LogP contribution in [0.4, 0.5) is 0 Å². The van der Waals surface area contributed by atoms with Gasteiger partial charge in [0.15, 0.2) is 5.60 Å². The molecule has 17 nitrogen and oxygen atoms in total. The molecule has 61 heavy (non-hydrogen) atoms. The van der Waals surface area contributed by atoms with E-state index < -0.39 is 86.1 Å². The lowest BCUT2D eigenvalue weighted by Crippen LogP contribution is -2.56. The maximum atomic E-state index is 14.2. The normalized spacial score (nSPS) is 12.6. The summed E-state index contributed by atoms with van der Waals surface area (Å²) >= 11 is 0. The Balaban J connectivity index is 3.41. The van der Waals surface area contributed by atoms with Gasteiger partial charge in [0.25, 0.3) is 0 Å². The number of esters is 6. The number of unbranched alkanes of at least 4 members (excludes halogenated alkanes) is 8. The molecule has 0 aromatic heterocycles. The summed E-state index contributed by atoms with van der Waals surface area (Å²) in [5, 5.41) is 14.4. The van der Waals surface area contributed by atoms with E-state index in [0.717, 1.165) is 65.4 Å². The van der Waals surface area contributed by atoms with Gasteiger partial charge < -0.3 is 43.6 Å². The lowest BCUT2D eigenvalue weighted by Gasteiger charge is -2.31. The van der Waals surface area contributed by atoms with Crippen LogP contribution in [0.5, 0.6) is 5.75 Å². The molecular formula is C44H61NO16. The van der Waals surface area contributed by atoms with Gasteiger partial charge >= 0.3 is 35.8 Å². The highest BCUT2D eigenvalue weighted by Gasteiger charge is 2.51. The highest BCUT2D eigenvalue weighted by atomic mass is 16.7. The van der Waals surface area contributed by atoms with Crippen molar-refractivity contribution in [3.05, 3.63) is 42.0 Å². The lowest BCUT2D eigenvalue weighted by atomic mass is 9.82. The van der Waals surface area contributed by atoms with Gasteiger partial charge in [-0.15, -0.1) is 5.92 Å². The number of benzene rings is 1. The van der Waals surface area contributed by atoms with Gasteiger partial charge in [-0.3, -0.25) is 28.8 Å². The molecule has 0 heterocycles. The largest absolute Gasteiger partial charge is 0.481 e. The minimum absolute atomic E-state index is 0.135. The molecule has 338 valence electrons. The second-order valence-electron chi connectivity index (χ2n) is 14.0. The smallest absolute Gasteiger partial charge is 0.342 e. The Hall–Kier alpha value is -5.76. The topological polar surface area (TPSA) is 233 Å². The maximum Gasteiger partial charge on any atom is 0.342 e. The van der Waals surface area contributed by atoms with Gasteiger partial charge in [-0.1, -0.05) is 75.7 Å². The van der Waals surface area contributed by atoms with Crippen LogP contribution in [0, 0.1) is 17.8 Å². The fourth-order valence-corrected chi connectivity index (χ4v) is 5.61. The maximum absolute atomic E-state index is 14.2. The van der Waals surface area contributed by atoms with Crippen molar-refractivity contribution < 1.29 is 76.6 Å². The van der Waals surface area contributed by atoms with Crippen molar-refractivity contribution in [3.63, 3.8) is 0 Å². The molecule has 0 saturated carbocycles. The van der Waals surface area contributed by atoms with E-state index in [0.29, 0.717) is 49.8 Å². The first-order chi connectivity index (χ1) is 29.1. The van der Waals surface area contributed by atoms with E-state index in [-0.39, 0.29) is 18.8 Å². The van der Waals surface area contributed by atoms with Gasteiger partial charge in [0.2, 0.25) is 26.3 Å². The Labute approximate surface area is 357 Å². The SMILES string of the molecule is CC#CCOc1ccc(C[C@H](NC(=O)[C@@H](/C=C/CCCCCCC(=O)CCCCCCC)[C@@](O)(CC(=O)OCOC(C)=O)C(=O)OCOC(C)=O)C(=O)OCOC(C)=O)cc1. The second kappa shape index (κ2) is 31.2. The number of allylic oxidation sites excluding steroid dienone is 1. The number of nitrogens with one attached hydrogen (secondary N) is 1. The summed E-state index contributed by atoms with van der Waals surface area (Å²) < 4.78 is 34.5. The van der Waals surface area contributed by atoms with Gasteiger partial charge in [0.1, 0.15) is 24.2 Å². The van der Waals surface area contributed by atoms with Crippen molar-refractivity contribution in [2.75, 3.05) is 27.0 Å². The Bertz CT molecular complexity index is 1660. The predicted molar refractivity (Wildman–Crippen MR) is 217 cm³/mol. The molecule has 0 spiro atoms. The quantitative estimate of drug-likeness (QED) is 0.0253. The number of hydrogen-bond acceptors (Lipinski definition) is 16. The van der Waals surface area contributed by atoms with Crippen molar-refractivity contribution in [1.29, 1.82) is 0 Å². The third-order valence-corrected chi connectivity index (χ3v) is 8.88. The third-order valence-electron chi connectivity index (χ3n) is 8.88. The van der Waals surface area contributed by atoms with E-state index in [1.54, 1.807) is 31.2 Å². The summed E-state index contributed by atoms with van der Waals surface area (Å²) in [5.41, 5.74) is -2.56. The van der Waals surface area contributed by atoms with Crippen molar-refractivity contribution in [2.24, 2.45) is 5.92 Å². The van der Waals surface area contributed by atoms with Gasteiger partial charge in [-0.05, 0) is 50.3 Å². The predicted octanol–water partition coefficient (Wildman–Crippen LogP) is 4.87. The number of rotatable bonds is 31. The third kappa shape index (κ3) is 24.2. The number of Topliss-reactive ketones (excluding diaryl/α,β-unsaturated/α-hetero) is 1. The van der Waals surface area contributed by atoms with Crippen molar-refractivity contribution in [1.82, 2.24) is 5.32 Å². The minimum atomic E-state index is -3.06. The van der Waals surface area contributed by atoms with E-state index in [1.165, 1.54) is 6.08 Å². The van der Waals surface area contributed by atoms with Crippen molar-refractivity contribution >= 4 is 47.5 Å². The van der Waals surface area contributed by atoms with Gasteiger partial charge in [-0.2, -0.15) is 0 Å². The zero-order chi connectivity index (χ0) is 45.5. The van der Waals surface area contributed by atoms with Gasteiger partial charge in [0, 0.05) is 40.0 Å². The monoisotopic (exact) mass is 859 g/mol. The number of amides is 1. The van der Waals surface area contributed by atoms with Crippen LogP contribution in [0.25, 0.3) is 0 Å². The second-order valence-corrected chi connectivity index (χ2v) is 14.0. The molecule has 1 amide bonds. The Morgan fingerprint density at radius 2 is 1.30 bits per heavy atom. The number of carbonyl (C=O) groups is 8. The Morgan fingerprint density at radius 3 is 1.87 bits per heavy atom. The highest BCUT2D eigenvalue weighted by Crippen LogP contribution is 2.28. The van der Waals surface area contributed by atoms with Crippen LogP contribution in [0.15, 0.2) is 36.4 Å². The first kappa shape index (κ1) is 53.3. The zero-order valence-corrected chi connectivity index (χ0v) is 35.9. The molecule has 1 aromatic rings. The van der Waals surface area contributed by atoms with E-state index >= 15 is 0 Å². The molecule has 0 unspecified atom stereocenters. The van der Waals surface area contributed by atoms with Crippen LogP contribution in [-0.4, -0.2) is 91.2 Å². The Morgan fingerprint density at radius 1 is 0.738 bits per heavy atom. The number of ketones is 1. The first-order valence-corrected chi connectivity index (χ1v) is 20.3.